The molecule has 0 saturated carbocycles. The Kier molecular flexibility index (Phi) is 4.10. The highest BCUT2D eigenvalue weighted by molar-refractivity contribution is 5.91. The molecule has 4 rings (SSSR count). The Labute approximate surface area is 151 Å². The first-order chi connectivity index (χ1) is 12.7. The van der Waals surface area contributed by atoms with Crippen molar-refractivity contribution < 1.29 is 9.47 Å². The van der Waals surface area contributed by atoms with E-state index in [-0.39, 0.29) is 6.10 Å². The minimum Gasteiger partial charge on any atom is -0.493 e. The van der Waals surface area contributed by atoms with Gasteiger partial charge in [0.15, 0.2) is 0 Å². The highest BCUT2D eigenvalue weighted by Gasteiger charge is 2.22. The molecule has 1 aliphatic rings. The van der Waals surface area contributed by atoms with Crippen LogP contribution in [0.4, 0.5) is 0 Å². The van der Waals surface area contributed by atoms with Gasteiger partial charge in [-0.2, -0.15) is 5.26 Å². The number of ether oxygens (including phenoxy) is 2. The second-order valence-corrected chi connectivity index (χ2v) is 6.34. The molecule has 2 aromatic carbocycles. The van der Waals surface area contributed by atoms with Crippen LogP contribution in [0.15, 0.2) is 36.4 Å². The fraction of sp³-hybridized carbons (Fsp3) is 0.238. The summed E-state index contributed by atoms with van der Waals surface area (Å²) in [7, 11) is 0. The zero-order valence-electron chi connectivity index (χ0n) is 14.7. The summed E-state index contributed by atoms with van der Waals surface area (Å²) >= 11 is 0. The Hall–Kier alpha value is -3.26. The van der Waals surface area contributed by atoms with Gasteiger partial charge in [-0.25, -0.2) is 4.98 Å². The van der Waals surface area contributed by atoms with Crippen molar-refractivity contribution in [2.45, 2.75) is 26.4 Å². The van der Waals surface area contributed by atoms with Crippen LogP contribution in [-0.4, -0.2) is 22.7 Å². The fourth-order valence-electron chi connectivity index (χ4n) is 3.24. The van der Waals surface area contributed by atoms with Gasteiger partial charge in [-0.1, -0.05) is 12.1 Å². The van der Waals surface area contributed by atoms with E-state index >= 15 is 0 Å². The van der Waals surface area contributed by atoms with Gasteiger partial charge < -0.3 is 14.5 Å². The van der Waals surface area contributed by atoms with E-state index in [0.29, 0.717) is 18.0 Å². The fourth-order valence-corrected chi connectivity index (χ4v) is 3.24. The molecule has 0 radical (unpaired) electrons. The monoisotopic (exact) mass is 345 g/mol. The Bertz CT molecular complexity index is 1010. The lowest BCUT2D eigenvalue weighted by atomic mass is 10.0. The number of nitriles is 1. The summed E-state index contributed by atoms with van der Waals surface area (Å²) < 4.78 is 11.7. The molecule has 130 valence electrons. The average Bonchev–Trinajstić information content (AvgIpc) is 3.21. The average molecular weight is 345 g/mol. The van der Waals surface area contributed by atoms with E-state index in [4.69, 9.17) is 9.47 Å². The number of nitrogens with one attached hydrogen (secondary N) is 1. The number of rotatable bonds is 4. The third-order valence-corrected chi connectivity index (χ3v) is 4.39. The van der Waals surface area contributed by atoms with Gasteiger partial charge in [0, 0.05) is 17.5 Å². The van der Waals surface area contributed by atoms with Crippen LogP contribution >= 0.6 is 0 Å². The molecule has 1 N–H and O–H groups in total. The summed E-state index contributed by atoms with van der Waals surface area (Å²) in [5, 5.41) is 9.67. The Morgan fingerprint density at radius 2 is 2.27 bits per heavy atom. The van der Waals surface area contributed by atoms with Crippen molar-refractivity contribution >= 4 is 22.7 Å². The number of H-pyrrole nitrogens is 1. The number of benzene rings is 2. The molecule has 1 aromatic heterocycles. The van der Waals surface area contributed by atoms with E-state index < -0.39 is 0 Å². The van der Waals surface area contributed by atoms with Crippen LogP contribution < -0.4 is 9.47 Å². The standard InChI is InChI=1S/C21H19N3O2/c1-3-25-19-10-14-8-13(2)26-20(14)11-15(19)9-16(12-22)21-23-17-6-4-5-7-18(17)24-21/h4-7,9-11,13H,3,8H2,1-2H3,(H,23,24)/b16-9-. The van der Waals surface area contributed by atoms with E-state index in [2.05, 4.69) is 16.0 Å². The molecule has 26 heavy (non-hydrogen) atoms. The summed E-state index contributed by atoms with van der Waals surface area (Å²) in [6.07, 6.45) is 2.83. The quantitative estimate of drug-likeness (QED) is 0.714. The number of hydrogen-bond donors (Lipinski definition) is 1. The van der Waals surface area contributed by atoms with Gasteiger partial charge in [-0.3, -0.25) is 0 Å². The molecule has 1 aliphatic heterocycles. The van der Waals surface area contributed by atoms with E-state index in [1.165, 1.54) is 0 Å². The predicted octanol–water partition coefficient (Wildman–Crippen LogP) is 4.35. The smallest absolute Gasteiger partial charge is 0.149 e. The SMILES string of the molecule is CCOc1cc2c(cc1/C=C(/C#N)c1nc3ccccc3[nH]1)OC(C)C2. The molecule has 0 aliphatic carbocycles. The summed E-state index contributed by atoms with van der Waals surface area (Å²) in [5.41, 5.74) is 4.14. The number of hydrogen-bond acceptors (Lipinski definition) is 4. The second kappa shape index (κ2) is 6.57. The van der Waals surface area contributed by atoms with Gasteiger partial charge in [0.05, 0.1) is 23.2 Å². The summed E-state index contributed by atoms with van der Waals surface area (Å²) in [6.45, 7) is 4.55. The molecule has 5 nitrogen and oxygen atoms in total. The summed E-state index contributed by atoms with van der Waals surface area (Å²) in [6, 6.07) is 13.9. The minimum atomic E-state index is 0.157. The number of aromatic amines is 1. The van der Waals surface area contributed by atoms with Crippen LogP contribution in [0, 0.1) is 11.3 Å². The van der Waals surface area contributed by atoms with Crippen LogP contribution in [0.25, 0.3) is 22.7 Å². The van der Waals surface area contributed by atoms with Gasteiger partial charge in [0.1, 0.15) is 29.5 Å². The topological polar surface area (TPSA) is 70.9 Å². The molecule has 0 fully saturated rings. The van der Waals surface area contributed by atoms with Crippen molar-refractivity contribution in [3.05, 3.63) is 53.3 Å². The lowest BCUT2D eigenvalue weighted by Gasteiger charge is -2.10. The van der Waals surface area contributed by atoms with Crippen molar-refractivity contribution in [3.63, 3.8) is 0 Å². The molecule has 0 saturated heterocycles. The van der Waals surface area contributed by atoms with E-state index in [9.17, 15) is 5.26 Å². The lowest BCUT2D eigenvalue weighted by Crippen LogP contribution is -2.05. The summed E-state index contributed by atoms with van der Waals surface area (Å²) in [5.74, 6) is 2.16. The first kappa shape index (κ1) is 16.2. The normalized spacial score (nSPS) is 16.2. The van der Waals surface area contributed by atoms with E-state index in [1.54, 1.807) is 6.08 Å². The molecule has 0 spiro atoms. The number of allylic oxidation sites excluding steroid dienone is 1. The van der Waals surface area contributed by atoms with Crippen molar-refractivity contribution in [2.24, 2.45) is 0 Å². The third-order valence-electron chi connectivity index (χ3n) is 4.39. The first-order valence-corrected chi connectivity index (χ1v) is 8.71. The number of nitrogens with zero attached hydrogens (tertiary/aromatic N) is 2. The molecule has 1 atom stereocenters. The maximum Gasteiger partial charge on any atom is 0.149 e. The van der Waals surface area contributed by atoms with Crippen LogP contribution in [0.3, 0.4) is 0 Å². The minimum absolute atomic E-state index is 0.157. The molecule has 1 unspecified atom stereocenters. The number of fused-ring (bicyclic) bond motifs is 2. The number of para-hydroxylation sites is 2. The Morgan fingerprint density at radius 1 is 1.42 bits per heavy atom. The zero-order valence-corrected chi connectivity index (χ0v) is 14.7. The summed E-state index contributed by atoms with van der Waals surface area (Å²) in [4.78, 5) is 7.73. The molecule has 0 bridgehead atoms. The molecule has 5 heteroatoms. The van der Waals surface area contributed by atoms with Crippen LogP contribution in [0.1, 0.15) is 30.8 Å². The van der Waals surface area contributed by atoms with Crippen molar-refractivity contribution in [3.8, 4) is 17.6 Å². The molecular weight excluding hydrogens is 326 g/mol. The largest absolute Gasteiger partial charge is 0.493 e. The maximum absolute atomic E-state index is 9.67. The van der Waals surface area contributed by atoms with E-state index in [0.717, 1.165) is 40.1 Å². The first-order valence-electron chi connectivity index (χ1n) is 8.71. The molecule has 2 heterocycles. The zero-order chi connectivity index (χ0) is 18.1. The molecule has 3 aromatic rings. The van der Waals surface area contributed by atoms with Gasteiger partial charge in [-0.05, 0) is 44.2 Å². The van der Waals surface area contributed by atoms with Gasteiger partial charge in [0.2, 0.25) is 0 Å². The van der Waals surface area contributed by atoms with Crippen molar-refractivity contribution in [1.29, 1.82) is 5.26 Å². The van der Waals surface area contributed by atoms with Crippen LogP contribution in [0.2, 0.25) is 0 Å². The lowest BCUT2D eigenvalue weighted by molar-refractivity contribution is 0.254. The van der Waals surface area contributed by atoms with Crippen LogP contribution in [0.5, 0.6) is 11.5 Å². The van der Waals surface area contributed by atoms with Crippen LogP contribution in [-0.2, 0) is 6.42 Å². The van der Waals surface area contributed by atoms with Gasteiger partial charge in [0.25, 0.3) is 0 Å². The van der Waals surface area contributed by atoms with E-state index in [1.807, 2.05) is 50.2 Å². The second-order valence-electron chi connectivity index (χ2n) is 6.34. The Balaban J connectivity index is 1.80. The Morgan fingerprint density at radius 3 is 3.04 bits per heavy atom. The maximum atomic E-state index is 9.67. The highest BCUT2D eigenvalue weighted by Crippen LogP contribution is 2.36. The molecular formula is C21H19N3O2. The molecule has 0 amide bonds. The highest BCUT2D eigenvalue weighted by atomic mass is 16.5. The van der Waals surface area contributed by atoms with Gasteiger partial charge >= 0.3 is 0 Å². The predicted molar refractivity (Wildman–Crippen MR) is 101 cm³/mol. The van der Waals surface area contributed by atoms with Gasteiger partial charge in [-0.15, -0.1) is 0 Å². The van der Waals surface area contributed by atoms with Crippen molar-refractivity contribution in [1.82, 2.24) is 9.97 Å². The third kappa shape index (κ3) is 2.91. The van der Waals surface area contributed by atoms with Crippen molar-refractivity contribution in [2.75, 3.05) is 6.61 Å². The number of aromatic nitrogens is 2. The number of imidazole rings is 1.